The minimum Gasteiger partial charge on any atom is -0.454 e. The number of carbonyl (C=O) groups is 1. The van der Waals surface area contributed by atoms with Crippen LogP contribution in [0.4, 0.5) is 5.13 Å². The van der Waals surface area contributed by atoms with E-state index in [-0.39, 0.29) is 12.7 Å². The number of nitrogens with zero attached hydrogens (tertiary/aromatic N) is 2. The van der Waals surface area contributed by atoms with Gasteiger partial charge >= 0.3 is 0 Å². The van der Waals surface area contributed by atoms with Crippen LogP contribution < -0.4 is 14.4 Å². The van der Waals surface area contributed by atoms with Gasteiger partial charge in [0.25, 0.3) is 0 Å². The molecule has 0 N–H and O–H groups in total. The number of carbonyl (C=O) groups excluding carboxylic acids is 1. The van der Waals surface area contributed by atoms with Crippen LogP contribution in [0.2, 0.25) is 0 Å². The second-order valence-corrected chi connectivity index (χ2v) is 5.00. The summed E-state index contributed by atoms with van der Waals surface area (Å²) in [5.41, 5.74) is 0.901. The molecule has 1 aliphatic rings. The van der Waals surface area contributed by atoms with E-state index in [2.05, 4.69) is 4.98 Å². The Labute approximate surface area is 114 Å². The standard InChI is InChI=1S/C13H12N2O3S/c1-15(13-14-4-5-19-13)12(16)7-9-2-3-10-11(6-9)18-8-17-10/h2-6H,7-8H2,1H3. The number of ether oxygens (including phenoxy) is 2. The Bertz CT molecular complexity index is 598. The van der Waals surface area contributed by atoms with Gasteiger partial charge in [0.15, 0.2) is 16.6 Å². The molecular formula is C13H12N2O3S. The first-order valence-electron chi connectivity index (χ1n) is 5.78. The molecule has 0 saturated carbocycles. The molecule has 0 atom stereocenters. The third kappa shape index (κ3) is 2.39. The first-order valence-corrected chi connectivity index (χ1v) is 6.66. The smallest absolute Gasteiger partial charge is 0.232 e. The van der Waals surface area contributed by atoms with E-state index in [4.69, 9.17) is 9.47 Å². The Morgan fingerprint density at radius 1 is 1.42 bits per heavy atom. The zero-order valence-corrected chi connectivity index (χ0v) is 11.1. The van der Waals surface area contributed by atoms with Crippen molar-refractivity contribution in [1.29, 1.82) is 0 Å². The summed E-state index contributed by atoms with van der Waals surface area (Å²) in [5.74, 6) is 1.42. The summed E-state index contributed by atoms with van der Waals surface area (Å²) in [6, 6.07) is 5.55. The Balaban J connectivity index is 1.73. The summed E-state index contributed by atoms with van der Waals surface area (Å²) in [6.07, 6.45) is 2.00. The lowest BCUT2D eigenvalue weighted by molar-refractivity contribution is -0.117. The number of benzene rings is 1. The summed E-state index contributed by atoms with van der Waals surface area (Å²) in [4.78, 5) is 17.8. The van der Waals surface area contributed by atoms with Crippen LogP contribution in [0, 0.1) is 0 Å². The van der Waals surface area contributed by atoms with Gasteiger partial charge in [-0.2, -0.15) is 0 Å². The van der Waals surface area contributed by atoms with Crippen molar-refractivity contribution in [2.75, 3.05) is 18.7 Å². The second kappa shape index (κ2) is 4.89. The van der Waals surface area contributed by atoms with Gasteiger partial charge < -0.3 is 9.47 Å². The van der Waals surface area contributed by atoms with Crippen LogP contribution in [0.25, 0.3) is 0 Å². The molecule has 1 aliphatic heterocycles. The molecule has 0 fully saturated rings. The van der Waals surface area contributed by atoms with Gasteiger partial charge in [-0.3, -0.25) is 9.69 Å². The van der Waals surface area contributed by atoms with Gasteiger partial charge in [-0.1, -0.05) is 6.07 Å². The summed E-state index contributed by atoms with van der Waals surface area (Å²) in [6.45, 7) is 0.242. The number of fused-ring (bicyclic) bond motifs is 1. The van der Waals surface area contributed by atoms with Crippen LogP contribution in [0.3, 0.4) is 0 Å². The molecule has 0 bridgehead atoms. The Morgan fingerprint density at radius 2 is 2.26 bits per heavy atom. The number of hydrogen-bond donors (Lipinski definition) is 0. The van der Waals surface area contributed by atoms with Gasteiger partial charge in [0.05, 0.1) is 6.42 Å². The zero-order chi connectivity index (χ0) is 13.2. The van der Waals surface area contributed by atoms with Gasteiger partial charge in [0.2, 0.25) is 12.7 Å². The summed E-state index contributed by atoms with van der Waals surface area (Å²) >= 11 is 1.44. The lowest BCUT2D eigenvalue weighted by Gasteiger charge is -2.13. The number of anilines is 1. The van der Waals surface area contributed by atoms with E-state index in [0.29, 0.717) is 17.3 Å². The monoisotopic (exact) mass is 276 g/mol. The first kappa shape index (κ1) is 12.0. The number of aromatic nitrogens is 1. The predicted molar refractivity (Wildman–Crippen MR) is 71.8 cm³/mol. The average molecular weight is 276 g/mol. The SMILES string of the molecule is CN(C(=O)Cc1ccc2c(c1)OCO2)c1nccs1. The third-order valence-corrected chi connectivity index (χ3v) is 3.72. The molecule has 1 aromatic heterocycles. The third-order valence-electron chi connectivity index (χ3n) is 2.87. The van der Waals surface area contributed by atoms with Crippen LogP contribution >= 0.6 is 11.3 Å². The van der Waals surface area contributed by atoms with Crippen molar-refractivity contribution in [2.24, 2.45) is 0 Å². The fraction of sp³-hybridized carbons (Fsp3) is 0.231. The molecule has 0 radical (unpaired) electrons. The number of likely N-dealkylation sites (N-methyl/N-ethyl adjacent to an activating group) is 1. The van der Waals surface area contributed by atoms with Crippen molar-refractivity contribution in [3.8, 4) is 11.5 Å². The highest BCUT2D eigenvalue weighted by atomic mass is 32.1. The van der Waals surface area contributed by atoms with E-state index >= 15 is 0 Å². The molecule has 0 aliphatic carbocycles. The van der Waals surface area contributed by atoms with E-state index in [1.54, 1.807) is 18.1 Å². The van der Waals surface area contributed by atoms with Crippen molar-refractivity contribution in [2.45, 2.75) is 6.42 Å². The van der Waals surface area contributed by atoms with Crippen molar-refractivity contribution in [3.63, 3.8) is 0 Å². The molecule has 1 aromatic carbocycles. The number of amides is 1. The fourth-order valence-electron chi connectivity index (χ4n) is 1.83. The number of rotatable bonds is 3. The molecule has 0 spiro atoms. The highest BCUT2D eigenvalue weighted by Gasteiger charge is 2.17. The van der Waals surface area contributed by atoms with Crippen molar-refractivity contribution < 1.29 is 14.3 Å². The summed E-state index contributed by atoms with van der Waals surface area (Å²) in [5, 5.41) is 2.55. The quantitative estimate of drug-likeness (QED) is 0.861. The molecule has 2 heterocycles. The minimum absolute atomic E-state index is 0.00573. The van der Waals surface area contributed by atoms with Crippen LogP contribution in [-0.4, -0.2) is 24.7 Å². The van der Waals surface area contributed by atoms with Gasteiger partial charge in [-0.15, -0.1) is 11.3 Å². The van der Waals surface area contributed by atoms with Gasteiger partial charge in [-0.05, 0) is 17.7 Å². The highest BCUT2D eigenvalue weighted by molar-refractivity contribution is 7.13. The maximum Gasteiger partial charge on any atom is 0.232 e. The summed E-state index contributed by atoms with van der Waals surface area (Å²) < 4.78 is 10.5. The van der Waals surface area contributed by atoms with E-state index < -0.39 is 0 Å². The molecule has 5 nitrogen and oxygen atoms in total. The van der Waals surface area contributed by atoms with Gasteiger partial charge in [0, 0.05) is 18.6 Å². The zero-order valence-electron chi connectivity index (χ0n) is 10.3. The molecule has 98 valence electrons. The van der Waals surface area contributed by atoms with E-state index in [0.717, 1.165) is 11.3 Å². The minimum atomic E-state index is -0.00573. The maximum atomic E-state index is 12.1. The van der Waals surface area contributed by atoms with Crippen molar-refractivity contribution in [1.82, 2.24) is 4.98 Å². The van der Waals surface area contributed by atoms with Crippen LogP contribution in [-0.2, 0) is 11.2 Å². The molecule has 3 rings (SSSR count). The normalized spacial score (nSPS) is 12.5. The molecule has 19 heavy (non-hydrogen) atoms. The molecule has 6 heteroatoms. The number of hydrogen-bond acceptors (Lipinski definition) is 5. The molecule has 0 unspecified atom stereocenters. The van der Waals surface area contributed by atoms with Crippen LogP contribution in [0.5, 0.6) is 11.5 Å². The van der Waals surface area contributed by atoms with Crippen LogP contribution in [0.15, 0.2) is 29.8 Å². The first-order chi connectivity index (χ1) is 9.24. The van der Waals surface area contributed by atoms with Gasteiger partial charge in [0.1, 0.15) is 0 Å². The maximum absolute atomic E-state index is 12.1. The van der Waals surface area contributed by atoms with Crippen LogP contribution in [0.1, 0.15) is 5.56 Å². The number of thiazole rings is 1. The van der Waals surface area contributed by atoms with Gasteiger partial charge in [-0.25, -0.2) is 4.98 Å². The Kier molecular flexibility index (Phi) is 3.08. The topological polar surface area (TPSA) is 51.7 Å². The fourth-order valence-corrected chi connectivity index (χ4v) is 2.46. The molecule has 2 aromatic rings. The lowest BCUT2D eigenvalue weighted by atomic mass is 10.1. The predicted octanol–water partition coefficient (Wildman–Crippen LogP) is 2.08. The highest BCUT2D eigenvalue weighted by Crippen LogP contribution is 2.32. The van der Waals surface area contributed by atoms with E-state index in [1.165, 1.54) is 11.3 Å². The van der Waals surface area contributed by atoms with E-state index in [1.807, 2.05) is 23.6 Å². The second-order valence-electron chi connectivity index (χ2n) is 4.13. The summed E-state index contributed by atoms with van der Waals surface area (Å²) in [7, 11) is 1.73. The average Bonchev–Trinajstić information content (AvgIpc) is 3.08. The molecule has 0 saturated heterocycles. The van der Waals surface area contributed by atoms with Crippen molar-refractivity contribution in [3.05, 3.63) is 35.3 Å². The molecule has 1 amide bonds. The largest absolute Gasteiger partial charge is 0.454 e. The molecular weight excluding hydrogens is 264 g/mol. The Hall–Kier alpha value is -2.08. The Morgan fingerprint density at radius 3 is 3.05 bits per heavy atom. The van der Waals surface area contributed by atoms with Crippen molar-refractivity contribution >= 4 is 22.4 Å². The van der Waals surface area contributed by atoms with E-state index in [9.17, 15) is 4.79 Å². The lowest BCUT2D eigenvalue weighted by Crippen LogP contribution is -2.27.